The molecule has 1 amide bonds. The maximum Gasteiger partial charge on any atom is 0.798 e. The van der Waals surface area contributed by atoms with E-state index in [1.165, 1.54) is 6.20 Å². The average Bonchev–Trinajstić information content (AvgIpc) is 3.70. The van der Waals surface area contributed by atoms with Gasteiger partial charge >= 0.3 is 19.5 Å². The SMILES string of the molecule is Cc1c(N2C[C@@H](NC(=O)OC(C)(C)C)C3(CC3)C2)c(F)c(N)c2c(=O)c(C(=O)OB(F)F)cn(C3CC3)c12. The highest BCUT2D eigenvalue weighted by Crippen LogP contribution is 2.54. The Balaban J connectivity index is 1.58. The van der Waals surface area contributed by atoms with Gasteiger partial charge in [0, 0.05) is 30.7 Å². The molecule has 2 saturated carbocycles. The second-order valence-electron chi connectivity index (χ2n) is 11.5. The fourth-order valence-corrected chi connectivity index (χ4v) is 5.54. The lowest BCUT2D eigenvalue weighted by atomic mass is 10.0. The van der Waals surface area contributed by atoms with Crippen molar-refractivity contribution < 1.29 is 32.0 Å². The summed E-state index contributed by atoms with van der Waals surface area (Å²) in [5.41, 5.74) is 4.26. The first-order chi connectivity index (χ1) is 17.7. The highest BCUT2D eigenvalue weighted by molar-refractivity contribution is 6.38. The van der Waals surface area contributed by atoms with Crippen LogP contribution >= 0.6 is 0 Å². The van der Waals surface area contributed by atoms with Crippen LogP contribution in [0.15, 0.2) is 11.0 Å². The summed E-state index contributed by atoms with van der Waals surface area (Å²) in [6, 6.07) is -0.368. The average molecular weight is 534 g/mol. The van der Waals surface area contributed by atoms with E-state index in [2.05, 4.69) is 9.97 Å². The monoisotopic (exact) mass is 534 g/mol. The van der Waals surface area contributed by atoms with E-state index in [-0.39, 0.29) is 28.6 Å². The van der Waals surface area contributed by atoms with E-state index >= 15 is 4.39 Å². The second kappa shape index (κ2) is 8.84. The number of nitrogen functional groups attached to an aromatic ring is 1. The van der Waals surface area contributed by atoms with Crippen LogP contribution in [0.2, 0.25) is 0 Å². The standard InChI is InChI=1S/C25H30BF3N4O5/c1-12-19-16(21(34)14(22(35)38-26(28)29)9-33(19)13-5-6-13)18(30)17(27)20(12)32-10-15(25(11-32)7-8-25)31-23(36)37-24(2,3)4/h9,13,15H,5-8,10-11,30H2,1-4H3,(H,31,36)/t15-/m1/s1. The molecule has 9 nitrogen and oxygen atoms in total. The molecule has 204 valence electrons. The molecular weight excluding hydrogens is 504 g/mol. The molecule has 1 spiro atoms. The molecule has 5 rings (SSSR count). The Morgan fingerprint density at radius 3 is 2.45 bits per heavy atom. The first-order valence-corrected chi connectivity index (χ1v) is 12.6. The summed E-state index contributed by atoms with van der Waals surface area (Å²) >= 11 is 0. The summed E-state index contributed by atoms with van der Waals surface area (Å²) in [7, 11) is -3.41. The Morgan fingerprint density at radius 2 is 1.89 bits per heavy atom. The Morgan fingerprint density at radius 1 is 1.24 bits per heavy atom. The van der Waals surface area contributed by atoms with Crippen LogP contribution in [0.4, 0.5) is 29.2 Å². The predicted octanol–water partition coefficient (Wildman–Crippen LogP) is 3.94. The van der Waals surface area contributed by atoms with Gasteiger partial charge in [0.25, 0.3) is 0 Å². The quantitative estimate of drug-likeness (QED) is 0.441. The van der Waals surface area contributed by atoms with Crippen molar-refractivity contribution >= 4 is 41.8 Å². The number of hydrogen-bond acceptors (Lipinski definition) is 7. The molecule has 1 aliphatic heterocycles. The van der Waals surface area contributed by atoms with Gasteiger partial charge in [-0.2, -0.15) is 0 Å². The number of alkyl carbamates (subject to hydrolysis) is 1. The maximum atomic E-state index is 15.9. The molecule has 0 radical (unpaired) electrons. The Hall–Kier alpha value is -3.38. The van der Waals surface area contributed by atoms with Crippen molar-refractivity contribution in [3.8, 4) is 0 Å². The van der Waals surface area contributed by atoms with E-state index in [0.717, 1.165) is 25.7 Å². The normalized spacial score (nSPS) is 20.1. The number of aryl methyl sites for hydroxylation is 1. The molecule has 2 heterocycles. The largest absolute Gasteiger partial charge is 0.798 e. The number of halogens is 3. The van der Waals surface area contributed by atoms with E-state index < -0.39 is 47.6 Å². The van der Waals surface area contributed by atoms with Crippen LogP contribution in [0, 0.1) is 18.2 Å². The smallest absolute Gasteiger partial charge is 0.474 e. The fourth-order valence-electron chi connectivity index (χ4n) is 5.54. The van der Waals surface area contributed by atoms with E-state index in [9.17, 15) is 23.0 Å². The predicted molar refractivity (Wildman–Crippen MR) is 136 cm³/mol. The number of ether oxygens (including phenoxy) is 1. The van der Waals surface area contributed by atoms with Gasteiger partial charge in [0.15, 0.2) is 5.82 Å². The molecule has 0 unspecified atom stereocenters. The molecule has 3 aliphatic rings. The number of nitrogens with one attached hydrogen (secondary N) is 1. The second-order valence-corrected chi connectivity index (χ2v) is 11.5. The number of carbonyl (C=O) groups is 2. The molecule has 3 N–H and O–H groups in total. The summed E-state index contributed by atoms with van der Waals surface area (Å²) in [6.07, 6.45) is 3.85. The van der Waals surface area contributed by atoms with E-state index in [1.54, 1.807) is 32.3 Å². The molecule has 1 aromatic carbocycles. The van der Waals surface area contributed by atoms with Crippen molar-refractivity contribution in [2.75, 3.05) is 23.7 Å². The number of nitrogens with two attached hydrogens (primary N) is 1. The molecular formula is C25H30BF3N4O5. The number of rotatable bonds is 5. The minimum Gasteiger partial charge on any atom is -0.474 e. The number of pyridine rings is 1. The molecule has 2 aliphatic carbocycles. The van der Waals surface area contributed by atoms with Crippen molar-refractivity contribution in [1.29, 1.82) is 0 Å². The number of anilines is 2. The lowest BCUT2D eigenvalue weighted by molar-refractivity contribution is 0.0493. The third-order valence-electron chi connectivity index (χ3n) is 7.56. The topological polar surface area (TPSA) is 116 Å². The number of aromatic nitrogens is 1. The van der Waals surface area contributed by atoms with Gasteiger partial charge in [-0.15, -0.1) is 0 Å². The fraction of sp³-hybridized carbons (Fsp3) is 0.560. The minimum atomic E-state index is -3.41. The number of carbonyl (C=O) groups excluding carboxylic acids is 2. The molecule has 1 aromatic heterocycles. The van der Waals surface area contributed by atoms with Crippen molar-refractivity contribution in [1.82, 2.24) is 9.88 Å². The van der Waals surface area contributed by atoms with Gasteiger partial charge in [-0.3, -0.25) is 4.79 Å². The third-order valence-corrected chi connectivity index (χ3v) is 7.56. The molecule has 3 fully saturated rings. The highest BCUT2D eigenvalue weighted by Gasteiger charge is 2.56. The Kier molecular flexibility index (Phi) is 6.11. The van der Waals surface area contributed by atoms with Crippen LogP contribution < -0.4 is 21.4 Å². The Bertz CT molecular complexity index is 1400. The van der Waals surface area contributed by atoms with Crippen LogP contribution in [0.1, 0.15) is 68.4 Å². The highest BCUT2D eigenvalue weighted by atomic mass is 19.2. The number of amides is 1. The van der Waals surface area contributed by atoms with Crippen molar-refractivity contribution in [3.05, 3.63) is 33.4 Å². The summed E-state index contributed by atoms with van der Waals surface area (Å²) in [5, 5.41) is 2.71. The van der Waals surface area contributed by atoms with Gasteiger partial charge < -0.3 is 29.9 Å². The van der Waals surface area contributed by atoms with Crippen LogP contribution in [-0.4, -0.2) is 48.8 Å². The molecule has 1 saturated heterocycles. The van der Waals surface area contributed by atoms with Gasteiger partial charge in [0.05, 0.1) is 28.3 Å². The zero-order chi connectivity index (χ0) is 27.7. The number of nitrogens with zero attached hydrogens (tertiary/aromatic N) is 2. The van der Waals surface area contributed by atoms with Crippen LogP contribution in [0.25, 0.3) is 10.9 Å². The van der Waals surface area contributed by atoms with Gasteiger partial charge in [-0.25, -0.2) is 22.6 Å². The van der Waals surface area contributed by atoms with Gasteiger partial charge in [0.2, 0.25) is 5.43 Å². The van der Waals surface area contributed by atoms with Crippen molar-refractivity contribution in [2.24, 2.45) is 5.41 Å². The van der Waals surface area contributed by atoms with E-state index in [1.807, 2.05) is 4.90 Å². The van der Waals surface area contributed by atoms with Crippen LogP contribution in [0.5, 0.6) is 0 Å². The van der Waals surface area contributed by atoms with E-state index in [0.29, 0.717) is 24.2 Å². The number of fused-ring (bicyclic) bond motifs is 1. The van der Waals surface area contributed by atoms with Crippen LogP contribution in [-0.2, 0) is 9.39 Å². The molecule has 2 aromatic rings. The van der Waals surface area contributed by atoms with Gasteiger partial charge in [-0.05, 0) is 58.9 Å². The lowest BCUT2D eigenvalue weighted by Crippen LogP contribution is -2.44. The third kappa shape index (κ3) is 4.56. The first-order valence-electron chi connectivity index (χ1n) is 12.6. The summed E-state index contributed by atoms with van der Waals surface area (Å²) in [6.45, 7) is 7.78. The van der Waals surface area contributed by atoms with Crippen LogP contribution in [0.3, 0.4) is 0 Å². The minimum absolute atomic E-state index is 0.0949. The van der Waals surface area contributed by atoms with E-state index in [4.69, 9.17) is 10.5 Å². The molecule has 1 atom stereocenters. The molecule has 0 bridgehead atoms. The zero-order valence-electron chi connectivity index (χ0n) is 21.7. The Labute approximate surface area is 217 Å². The van der Waals surface area contributed by atoms with Gasteiger partial charge in [0.1, 0.15) is 11.2 Å². The summed E-state index contributed by atoms with van der Waals surface area (Å²) in [5.74, 6) is -2.32. The number of benzene rings is 1. The lowest BCUT2D eigenvalue weighted by Gasteiger charge is -2.26. The van der Waals surface area contributed by atoms with Crippen molar-refractivity contribution in [3.63, 3.8) is 0 Å². The van der Waals surface area contributed by atoms with Crippen molar-refractivity contribution in [2.45, 2.75) is 71.1 Å². The molecule has 13 heteroatoms. The summed E-state index contributed by atoms with van der Waals surface area (Å²) in [4.78, 5) is 39.8. The maximum absolute atomic E-state index is 15.9. The zero-order valence-corrected chi connectivity index (χ0v) is 21.7. The summed E-state index contributed by atoms with van der Waals surface area (Å²) < 4.78 is 52.4. The molecule has 38 heavy (non-hydrogen) atoms. The van der Waals surface area contributed by atoms with Gasteiger partial charge in [-0.1, -0.05) is 0 Å². The first kappa shape index (κ1) is 26.2. The number of hydrogen-bond donors (Lipinski definition) is 2.